The van der Waals surface area contributed by atoms with Crippen LogP contribution in [0.5, 0.6) is 11.5 Å². The van der Waals surface area contributed by atoms with Gasteiger partial charge in [-0.3, -0.25) is 20.4 Å². The zero-order valence-corrected chi connectivity index (χ0v) is 19.3. The van der Waals surface area contributed by atoms with Gasteiger partial charge in [0.05, 0.1) is 16.6 Å². The van der Waals surface area contributed by atoms with Gasteiger partial charge in [-0.2, -0.15) is 0 Å². The topological polar surface area (TPSA) is 76.7 Å². The monoisotopic (exact) mass is 562 g/mol. The van der Waals surface area contributed by atoms with Crippen molar-refractivity contribution < 1.29 is 19.1 Å². The van der Waals surface area contributed by atoms with Gasteiger partial charge in [-0.15, -0.1) is 0 Å². The number of ether oxygens (including phenoxy) is 2. The predicted octanol–water partition coefficient (Wildman–Crippen LogP) is 4.52. The largest absolute Gasteiger partial charge is 0.493 e. The summed E-state index contributed by atoms with van der Waals surface area (Å²) in [7, 11) is 0. The molecule has 0 aromatic heterocycles. The quantitative estimate of drug-likeness (QED) is 0.506. The van der Waals surface area contributed by atoms with E-state index in [1.165, 1.54) is 0 Å². The highest BCUT2D eigenvalue weighted by Gasteiger charge is 2.15. The molecule has 0 atom stereocenters. The van der Waals surface area contributed by atoms with E-state index < -0.39 is 11.8 Å². The summed E-state index contributed by atoms with van der Waals surface area (Å²) in [6.07, 6.45) is 0. The van der Waals surface area contributed by atoms with Crippen molar-refractivity contribution in [2.24, 2.45) is 0 Å². The van der Waals surface area contributed by atoms with Crippen molar-refractivity contribution in [3.8, 4) is 11.5 Å². The molecule has 2 N–H and O–H groups in total. The lowest BCUT2D eigenvalue weighted by Gasteiger charge is -2.13. The first-order chi connectivity index (χ1) is 12.8. The molecule has 0 spiro atoms. The molecule has 27 heavy (non-hydrogen) atoms. The van der Waals surface area contributed by atoms with Crippen molar-refractivity contribution in [3.05, 3.63) is 54.9 Å². The Balaban J connectivity index is 1.94. The van der Waals surface area contributed by atoms with Gasteiger partial charge in [-0.1, -0.05) is 31.9 Å². The lowest BCUT2D eigenvalue weighted by Crippen LogP contribution is -2.44. The second-order valence-corrected chi connectivity index (χ2v) is 8.08. The molecule has 0 aliphatic carbocycles. The number of rotatable bonds is 6. The summed E-state index contributed by atoms with van der Waals surface area (Å²) in [5.74, 6) is 0.00282. The summed E-state index contributed by atoms with van der Waals surface area (Å²) >= 11 is 10.1. The minimum absolute atomic E-state index is 0.252. The van der Waals surface area contributed by atoms with E-state index >= 15 is 0 Å². The van der Waals surface area contributed by atoms with Crippen LogP contribution in [0.1, 0.15) is 22.8 Å². The van der Waals surface area contributed by atoms with Crippen LogP contribution in [0.4, 0.5) is 0 Å². The van der Waals surface area contributed by atoms with Crippen LogP contribution in [0.3, 0.4) is 0 Å². The fourth-order valence-corrected chi connectivity index (χ4v) is 4.11. The highest BCUT2D eigenvalue weighted by atomic mass is 79.9. The van der Waals surface area contributed by atoms with Gasteiger partial charge < -0.3 is 9.47 Å². The Labute approximate surface area is 182 Å². The van der Waals surface area contributed by atoms with Crippen LogP contribution < -0.4 is 20.3 Å². The number of hydrogen-bond donors (Lipinski definition) is 2. The molecule has 0 aliphatic rings. The van der Waals surface area contributed by atoms with Gasteiger partial charge in [0.15, 0.2) is 6.61 Å². The molecule has 0 heterocycles. The minimum atomic E-state index is -0.495. The van der Waals surface area contributed by atoms with Gasteiger partial charge >= 0.3 is 0 Å². The molecular formula is C18H17Br3N2O4. The lowest BCUT2D eigenvalue weighted by atomic mass is 10.2. The van der Waals surface area contributed by atoms with E-state index in [1.807, 2.05) is 26.0 Å². The maximum absolute atomic E-state index is 12.3. The van der Waals surface area contributed by atoms with Gasteiger partial charge in [0.25, 0.3) is 11.8 Å². The average Bonchev–Trinajstić information content (AvgIpc) is 2.60. The number of aryl methyl sites for hydroxylation is 1. The summed E-state index contributed by atoms with van der Waals surface area (Å²) < 4.78 is 13.3. The second kappa shape index (κ2) is 10.1. The summed E-state index contributed by atoms with van der Waals surface area (Å²) in [6, 6.07) is 8.77. The number of benzene rings is 2. The van der Waals surface area contributed by atoms with E-state index in [-0.39, 0.29) is 6.61 Å². The smallest absolute Gasteiger partial charge is 0.276 e. The number of carbonyl (C=O) groups excluding carboxylic acids is 2. The van der Waals surface area contributed by atoms with Crippen LogP contribution in [0, 0.1) is 6.92 Å². The van der Waals surface area contributed by atoms with Crippen molar-refractivity contribution in [2.75, 3.05) is 13.2 Å². The van der Waals surface area contributed by atoms with Crippen molar-refractivity contribution >= 4 is 59.6 Å². The Morgan fingerprint density at radius 3 is 2.41 bits per heavy atom. The molecule has 2 aromatic carbocycles. The molecule has 0 saturated carbocycles. The van der Waals surface area contributed by atoms with E-state index in [1.54, 1.807) is 18.2 Å². The van der Waals surface area contributed by atoms with Crippen LogP contribution in [-0.4, -0.2) is 25.0 Å². The van der Waals surface area contributed by atoms with Crippen LogP contribution >= 0.6 is 47.8 Å². The minimum Gasteiger partial charge on any atom is -0.493 e. The van der Waals surface area contributed by atoms with Crippen LogP contribution in [0.15, 0.2) is 43.7 Å². The fraction of sp³-hybridized carbons (Fsp3) is 0.222. The first kappa shape index (κ1) is 21.7. The first-order valence-electron chi connectivity index (χ1n) is 7.91. The molecule has 0 bridgehead atoms. The van der Waals surface area contributed by atoms with Crippen molar-refractivity contribution in [3.63, 3.8) is 0 Å². The molecule has 9 heteroatoms. The van der Waals surface area contributed by atoms with E-state index in [4.69, 9.17) is 9.47 Å². The number of carbonyl (C=O) groups is 2. The van der Waals surface area contributed by atoms with Gasteiger partial charge in [-0.25, -0.2) is 0 Å². The highest BCUT2D eigenvalue weighted by Crippen LogP contribution is 2.32. The Bertz CT molecular complexity index is 835. The normalized spacial score (nSPS) is 10.3. The molecule has 6 nitrogen and oxygen atoms in total. The van der Waals surface area contributed by atoms with E-state index in [2.05, 4.69) is 58.6 Å². The Hall–Kier alpha value is -1.58. The summed E-state index contributed by atoms with van der Waals surface area (Å²) in [5.41, 5.74) is 5.86. The van der Waals surface area contributed by atoms with E-state index in [0.717, 1.165) is 19.0 Å². The Morgan fingerprint density at radius 1 is 1.00 bits per heavy atom. The SMILES string of the molecule is CCOc1ccc(Br)cc1C(=O)NNC(=O)COc1c(C)cc(Br)cc1Br. The number of nitrogens with one attached hydrogen (secondary N) is 2. The molecule has 0 unspecified atom stereocenters. The zero-order chi connectivity index (χ0) is 20.0. The average molecular weight is 565 g/mol. The Kier molecular flexibility index (Phi) is 8.12. The molecule has 2 aromatic rings. The summed E-state index contributed by atoms with van der Waals surface area (Å²) in [5, 5.41) is 0. The number of amides is 2. The van der Waals surface area contributed by atoms with Crippen LogP contribution in [-0.2, 0) is 4.79 Å². The van der Waals surface area contributed by atoms with Gasteiger partial charge in [0, 0.05) is 8.95 Å². The summed E-state index contributed by atoms with van der Waals surface area (Å²) in [4.78, 5) is 24.3. The number of hydrogen-bond acceptors (Lipinski definition) is 4. The molecule has 2 amide bonds. The number of hydrazine groups is 1. The third-order valence-corrected chi connectivity index (χ3v) is 4.88. The fourth-order valence-electron chi connectivity index (χ4n) is 2.20. The molecule has 144 valence electrons. The second-order valence-electron chi connectivity index (χ2n) is 5.40. The molecule has 0 saturated heterocycles. The predicted molar refractivity (Wildman–Crippen MR) is 113 cm³/mol. The van der Waals surface area contributed by atoms with E-state index in [0.29, 0.717) is 23.7 Å². The maximum Gasteiger partial charge on any atom is 0.276 e. The number of halogens is 3. The third-order valence-electron chi connectivity index (χ3n) is 3.34. The van der Waals surface area contributed by atoms with E-state index in [9.17, 15) is 9.59 Å². The van der Waals surface area contributed by atoms with Crippen LogP contribution in [0.2, 0.25) is 0 Å². The van der Waals surface area contributed by atoms with Crippen molar-refractivity contribution in [1.82, 2.24) is 10.9 Å². The Morgan fingerprint density at radius 2 is 1.74 bits per heavy atom. The molecule has 0 aliphatic heterocycles. The molecule has 0 fully saturated rings. The van der Waals surface area contributed by atoms with Gasteiger partial charge in [0.1, 0.15) is 11.5 Å². The first-order valence-corrected chi connectivity index (χ1v) is 10.3. The molecule has 2 rings (SSSR count). The maximum atomic E-state index is 12.3. The zero-order valence-electron chi connectivity index (χ0n) is 14.6. The summed E-state index contributed by atoms with van der Waals surface area (Å²) in [6.45, 7) is 3.86. The van der Waals surface area contributed by atoms with Gasteiger partial charge in [-0.05, 0) is 65.7 Å². The molecular weight excluding hydrogens is 548 g/mol. The standard InChI is InChI=1S/C18H17Br3N2O4/c1-3-26-15-5-4-11(19)7-13(15)18(25)23-22-16(24)9-27-17-10(2)6-12(20)8-14(17)21/h4-8H,3,9H2,1-2H3,(H,22,24)(H,23,25). The van der Waals surface area contributed by atoms with Gasteiger partial charge in [0.2, 0.25) is 0 Å². The van der Waals surface area contributed by atoms with Crippen molar-refractivity contribution in [2.45, 2.75) is 13.8 Å². The van der Waals surface area contributed by atoms with Crippen LogP contribution in [0.25, 0.3) is 0 Å². The van der Waals surface area contributed by atoms with Crippen molar-refractivity contribution in [1.29, 1.82) is 0 Å². The highest BCUT2D eigenvalue weighted by molar-refractivity contribution is 9.11. The third kappa shape index (κ3) is 6.22. The molecule has 0 radical (unpaired) electrons. The lowest BCUT2D eigenvalue weighted by molar-refractivity contribution is -0.123.